The number of fused-ring (bicyclic) bond motifs is 1. The number of carboxylic acid groups (broad SMARTS) is 1. The lowest BCUT2D eigenvalue weighted by Gasteiger charge is -2.39. The summed E-state index contributed by atoms with van der Waals surface area (Å²) in [6.07, 6.45) is 3.91. The summed E-state index contributed by atoms with van der Waals surface area (Å²) >= 11 is 0.965. The second-order valence-corrected chi connectivity index (χ2v) is 7.88. The third-order valence-corrected chi connectivity index (χ3v) is 5.83. The monoisotopic (exact) mass is 452 g/mol. The first-order valence-corrected chi connectivity index (χ1v) is 10.2. The number of Topliss-reactive ketones (excluding diaryl/α,β-unsaturated/α-hetero) is 1. The Morgan fingerprint density at radius 3 is 2.69 bits per heavy atom. The van der Waals surface area contributed by atoms with Crippen LogP contribution < -0.4 is 10.3 Å². The maximum Gasteiger partial charge on any atom is 0.341 e. The van der Waals surface area contributed by atoms with Gasteiger partial charge < -0.3 is 10.0 Å². The van der Waals surface area contributed by atoms with Gasteiger partial charge in [-0.2, -0.15) is 4.37 Å². The minimum absolute atomic E-state index is 0.0386. The molecular formula is C20H13FN6O4S. The van der Waals surface area contributed by atoms with Crippen LogP contribution in [0.5, 0.6) is 0 Å². The summed E-state index contributed by atoms with van der Waals surface area (Å²) in [5, 5.41) is 9.46. The van der Waals surface area contributed by atoms with Crippen molar-refractivity contribution in [1.29, 1.82) is 0 Å². The lowest BCUT2D eigenvalue weighted by Crippen LogP contribution is -2.51. The van der Waals surface area contributed by atoms with Gasteiger partial charge in [-0.3, -0.25) is 19.1 Å². The van der Waals surface area contributed by atoms with E-state index in [4.69, 9.17) is 0 Å². The molecule has 0 saturated carbocycles. The average molecular weight is 452 g/mol. The Hall–Kier alpha value is -4.06. The number of ketones is 1. The number of aromatic carboxylic acids is 1. The summed E-state index contributed by atoms with van der Waals surface area (Å²) in [5.41, 5.74) is -0.993. The van der Waals surface area contributed by atoms with Crippen molar-refractivity contribution in [2.45, 2.75) is 0 Å². The van der Waals surface area contributed by atoms with Crippen molar-refractivity contribution in [2.75, 3.05) is 18.0 Å². The molecule has 1 saturated heterocycles. The molecule has 160 valence electrons. The van der Waals surface area contributed by atoms with Crippen LogP contribution in [0.4, 0.5) is 10.2 Å². The van der Waals surface area contributed by atoms with Gasteiger partial charge in [0.2, 0.25) is 10.6 Å². The van der Waals surface area contributed by atoms with E-state index >= 15 is 0 Å². The molecule has 0 aliphatic carbocycles. The summed E-state index contributed by atoms with van der Waals surface area (Å²) in [6.45, 7) is 0.474. The highest BCUT2D eigenvalue weighted by atomic mass is 32.1. The van der Waals surface area contributed by atoms with Crippen LogP contribution in [0.25, 0.3) is 16.2 Å². The molecule has 1 aliphatic heterocycles. The third-order valence-electron chi connectivity index (χ3n) is 5.17. The van der Waals surface area contributed by atoms with Crippen LogP contribution >= 0.6 is 11.5 Å². The maximum absolute atomic E-state index is 14.9. The normalized spacial score (nSPS) is 13.8. The van der Waals surface area contributed by atoms with Crippen LogP contribution in [0.1, 0.15) is 20.8 Å². The number of anilines is 1. The Bertz CT molecular complexity index is 1420. The van der Waals surface area contributed by atoms with Gasteiger partial charge in [0, 0.05) is 37.0 Å². The number of hydrogen-bond donors (Lipinski definition) is 1. The van der Waals surface area contributed by atoms with Crippen molar-refractivity contribution in [2.24, 2.45) is 5.92 Å². The first-order chi connectivity index (χ1) is 15.4. The number of aromatic nitrogens is 5. The standard InChI is InChI=1S/C20H13FN6O4S/c21-13-5-11-16(29)12(19(30)31)8-27(20-23-9-24-32-20)17(11)25-18(13)26-6-10(7-26)15(28)14-3-1-2-4-22-14/h1-5,8-10H,6-7H2,(H,30,31). The van der Waals surface area contributed by atoms with E-state index in [9.17, 15) is 23.9 Å². The fourth-order valence-corrected chi connectivity index (χ4v) is 4.05. The third kappa shape index (κ3) is 3.21. The lowest BCUT2D eigenvalue weighted by molar-refractivity contribution is 0.0694. The Morgan fingerprint density at radius 2 is 2.03 bits per heavy atom. The van der Waals surface area contributed by atoms with Gasteiger partial charge in [-0.1, -0.05) is 6.07 Å². The predicted octanol–water partition coefficient (Wildman–Crippen LogP) is 1.79. The molecule has 0 spiro atoms. The Morgan fingerprint density at radius 1 is 1.22 bits per heavy atom. The number of carbonyl (C=O) groups is 2. The van der Waals surface area contributed by atoms with Crippen molar-refractivity contribution >= 4 is 40.1 Å². The van der Waals surface area contributed by atoms with Gasteiger partial charge in [0.15, 0.2) is 23.1 Å². The number of nitrogens with zero attached hydrogens (tertiary/aromatic N) is 6. The molecule has 32 heavy (non-hydrogen) atoms. The molecule has 0 aromatic carbocycles. The van der Waals surface area contributed by atoms with Crippen LogP contribution in [0, 0.1) is 11.7 Å². The largest absolute Gasteiger partial charge is 0.477 e. The van der Waals surface area contributed by atoms with E-state index in [0.717, 1.165) is 23.8 Å². The van der Waals surface area contributed by atoms with Crippen molar-refractivity contribution in [3.05, 3.63) is 70.3 Å². The quantitative estimate of drug-likeness (QED) is 0.450. The number of hydrogen-bond acceptors (Lipinski definition) is 9. The molecule has 0 amide bonds. The van der Waals surface area contributed by atoms with Crippen LogP contribution in [0.2, 0.25) is 0 Å². The van der Waals surface area contributed by atoms with Gasteiger partial charge in [0.25, 0.3) is 0 Å². The topological polar surface area (TPSA) is 131 Å². The molecule has 0 atom stereocenters. The molecular weight excluding hydrogens is 439 g/mol. The average Bonchev–Trinajstić information content (AvgIpc) is 3.29. The highest BCUT2D eigenvalue weighted by molar-refractivity contribution is 7.08. The van der Waals surface area contributed by atoms with E-state index in [1.165, 1.54) is 17.1 Å². The van der Waals surface area contributed by atoms with Gasteiger partial charge in [-0.15, -0.1) is 0 Å². The Balaban J connectivity index is 1.55. The fraction of sp³-hybridized carbons (Fsp3) is 0.150. The van der Waals surface area contributed by atoms with E-state index in [2.05, 4.69) is 19.3 Å². The van der Waals surface area contributed by atoms with Crippen molar-refractivity contribution in [3.8, 4) is 5.13 Å². The van der Waals surface area contributed by atoms with Crippen LogP contribution in [0.3, 0.4) is 0 Å². The summed E-state index contributed by atoms with van der Waals surface area (Å²) in [4.78, 5) is 50.7. The zero-order valence-corrected chi connectivity index (χ0v) is 17.0. The second-order valence-electron chi connectivity index (χ2n) is 7.12. The molecule has 0 unspecified atom stereocenters. The fourth-order valence-electron chi connectivity index (χ4n) is 3.54. The number of carboxylic acids is 1. The van der Waals surface area contributed by atoms with Gasteiger partial charge in [-0.25, -0.2) is 19.2 Å². The number of carbonyl (C=O) groups excluding carboxylic acids is 1. The summed E-state index contributed by atoms with van der Waals surface area (Å²) < 4.78 is 20.1. The van der Waals surface area contributed by atoms with Crippen molar-refractivity contribution < 1.29 is 19.1 Å². The summed E-state index contributed by atoms with van der Waals surface area (Å²) in [6, 6.07) is 6.03. The molecule has 4 aromatic heterocycles. The van der Waals surface area contributed by atoms with E-state index in [1.807, 2.05) is 0 Å². The van der Waals surface area contributed by atoms with Gasteiger partial charge in [-0.05, 0) is 18.2 Å². The number of pyridine rings is 3. The molecule has 1 fully saturated rings. The molecule has 1 N–H and O–H groups in total. The highest BCUT2D eigenvalue weighted by Crippen LogP contribution is 2.30. The van der Waals surface area contributed by atoms with E-state index in [-0.39, 0.29) is 46.8 Å². The van der Waals surface area contributed by atoms with E-state index in [1.54, 1.807) is 23.1 Å². The smallest absolute Gasteiger partial charge is 0.341 e. The number of rotatable bonds is 5. The van der Waals surface area contributed by atoms with Gasteiger partial charge in [0.1, 0.15) is 17.6 Å². The molecule has 5 rings (SSSR count). The van der Waals surface area contributed by atoms with Crippen LogP contribution in [0.15, 0.2) is 47.8 Å². The maximum atomic E-state index is 14.9. The summed E-state index contributed by atoms with van der Waals surface area (Å²) in [5.74, 6) is -2.77. The minimum atomic E-state index is -1.45. The first kappa shape index (κ1) is 19.9. The lowest BCUT2D eigenvalue weighted by atomic mass is 9.93. The van der Waals surface area contributed by atoms with Crippen LogP contribution in [-0.2, 0) is 0 Å². The van der Waals surface area contributed by atoms with E-state index < -0.39 is 22.8 Å². The highest BCUT2D eigenvalue weighted by Gasteiger charge is 2.36. The molecule has 0 radical (unpaired) electrons. The Kier molecular flexibility index (Phi) is 4.70. The van der Waals surface area contributed by atoms with Gasteiger partial charge in [0.05, 0.1) is 11.3 Å². The second kappa shape index (κ2) is 7.57. The number of halogens is 1. The van der Waals surface area contributed by atoms with E-state index in [0.29, 0.717) is 5.69 Å². The zero-order chi connectivity index (χ0) is 22.4. The van der Waals surface area contributed by atoms with Crippen molar-refractivity contribution in [1.82, 2.24) is 23.9 Å². The molecule has 4 aromatic rings. The SMILES string of the molecule is O=C(O)c1cn(-c2ncns2)c2nc(N3CC(C(=O)c4ccccn4)C3)c(F)cc2c1=O. The van der Waals surface area contributed by atoms with Crippen LogP contribution in [-0.4, -0.2) is 53.8 Å². The molecule has 12 heteroatoms. The van der Waals surface area contributed by atoms with Crippen molar-refractivity contribution in [3.63, 3.8) is 0 Å². The Labute approximate surface area is 182 Å². The molecule has 0 bridgehead atoms. The minimum Gasteiger partial charge on any atom is -0.477 e. The predicted molar refractivity (Wildman–Crippen MR) is 112 cm³/mol. The van der Waals surface area contributed by atoms with Gasteiger partial charge >= 0.3 is 5.97 Å². The molecule has 1 aliphatic rings. The summed E-state index contributed by atoms with van der Waals surface area (Å²) in [7, 11) is 0. The molecule has 10 nitrogen and oxygen atoms in total. The first-order valence-electron chi connectivity index (χ1n) is 9.40. The molecule has 5 heterocycles. The zero-order valence-electron chi connectivity index (χ0n) is 16.2.